The Hall–Kier alpha value is -2.80. The first-order chi connectivity index (χ1) is 12.3. The summed E-state index contributed by atoms with van der Waals surface area (Å²) in [7, 11) is 0. The van der Waals surface area contributed by atoms with Crippen molar-refractivity contribution in [3.8, 4) is 11.5 Å². The zero-order chi connectivity index (χ0) is 17.1. The molecule has 1 aliphatic rings. The standard InChI is InChI=1S/C18H20N6O/c1-14-4-2-5-15(12-14)17-22-21-16(25-17)13-23-8-10-24(11-9-23)18-19-6-3-7-20-18/h2-7,12H,8-11,13H2,1H3/p+1. The second-order valence-electron chi connectivity index (χ2n) is 6.33. The van der Waals surface area contributed by atoms with Gasteiger partial charge in [-0.2, -0.15) is 0 Å². The van der Waals surface area contributed by atoms with Crippen LogP contribution >= 0.6 is 0 Å². The number of hydrogen-bond acceptors (Lipinski definition) is 6. The van der Waals surface area contributed by atoms with E-state index < -0.39 is 0 Å². The minimum Gasteiger partial charge on any atom is -0.415 e. The van der Waals surface area contributed by atoms with E-state index in [9.17, 15) is 0 Å². The van der Waals surface area contributed by atoms with Gasteiger partial charge < -0.3 is 14.2 Å². The third-order valence-corrected chi connectivity index (χ3v) is 4.44. The highest BCUT2D eigenvalue weighted by Gasteiger charge is 2.23. The molecular weight excluding hydrogens is 316 g/mol. The van der Waals surface area contributed by atoms with Crippen molar-refractivity contribution in [2.24, 2.45) is 0 Å². The van der Waals surface area contributed by atoms with Crippen LogP contribution in [0.5, 0.6) is 0 Å². The third-order valence-electron chi connectivity index (χ3n) is 4.44. The van der Waals surface area contributed by atoms with Gasteiger partial charge in [-0.15, -0.1) is 10.2 Å². The predicted molar refractivity (Wildman–Crippen MR) is 93.1 cm³/mol. The van der Waals surface area contributed by atoms with E-state index in [1.807, 2.05) is 18.2 Å². The van der Waals surface area contributed by atoms with Crippen LogP contribution in [0.2, 0.25) is 0 Å². The van der Waals surface area contributed by atoms with Crippen LogP contribution in [0.25, 0.3) is 11.5 Å². The molecule has 0 radical (unpaired) electrons. The topological polar surface area (TPSA) is 72.4 Å². The summed E-state index contributed by atoms with van der Waals surface area (Å²) in [6, 6.07) is 9.95. The molecule has 0 unspecified atom stereocenters. The molecule has 128 valence electrons. The van der Waals surface area contributed by atoms with Crippen molar-refractivity contribution in [1.29, 1.82) is 0 Å². The molecule has 1 aliphatic heterocycles. The molecule has 7 heteroatoms. The van der Waals surface area contributed by atoms with Crippen LogP contribution in [-0.4, -0.2) is 46.3 Å². The van der Waals surface area contributed by atoms with Gasteiger partial charge >= 0.3 is 0 Å². The van der Waals surface area contributed by atoms with Crippen LogP contribution in [0.3, 0.4) is 0 Å². The number of nitrogens with one attached hydrogen (secondary N) is 1. The maximum absolute atomic E-state index is 5.86. The van der Waals surface area contributed by atoms with Crippen molar-refractivity contribution in [3.63, 3.8) is 0 Å². The molecule has 1 saturated heterocycles. The number of rotatable bonds is 4. The molecule has 0 saturated carbocycles. The molecule has 4 rings (SSSR count). The van der Waals surface area contributed by atoms with Crippen molar-refractivity contribution in [2.45, 2.75) is 13.5 Å². The minimum atomic E-state index is 0.592. The normalized spacial score (nSPS) is 15.5. The summed E-state index contributed by atoms with van der Waals surface area (Å²) in [5, 5.41) is 8.41. The zero-order valence-corrected chi connectivity index (χ0v) is 14.2. The molecule has 2 aromatic heterocycles. The lowest BCUT2D eigenvalue weighted by molar-refractivity contribution is -0.915. The van der Waals surface area contributed by atoms with Gasteiger partial charge in [0.1, 0.15) is 0 Å². The van der Waals surface area contributed by atoms with Crippen LogP contribution < -0.4 is 9.80 Å². The number of nitrogens with zero attached hydrogens (tertiary/aromatic N) is 5. The van der Waals surface area contributed by atoms with Gasteiger partial charge in [0.05, 0.1) is 26.2 Å². The van der Waals surface area contributed by atoms with Crippen molar-refractivity contribution >= 4 is 5.95 Å². The van der Waals surface area contributed by atoms with Crippen molar-refractivity contribution in [1.82, 2.24) is 20.2 Å². The highest BCUT2D eigenvalue weighted by Crippen LogP contribution is 2.18. The Morgan fingerprint density at radius 3 is 2.64 bits per heavy atom. The molecule has 0 aliphatic carbocycles. The number of anilines is 1. The van der Waals surface area contributed by atoms with Crippen LogP contribution in [0.1, 0.15) is 11.5 Å². The quantitative estimate of drug-likeness (QED) is 0.757. The van der Waals surface area contributed by atoms with E-state index in [1.54, 1.807) is 12.4 Å². The van der Waals surface area contributed by atoms with E-state index >= 15 is 0 Å². The Kier molecular flexibility index (Phi) is 4.39. The molecule has 1 aromatic carbocycles. The number of benzene rings is 1. The van der Waals surface area contributed by atoms with Gasteiger partial charge in [0, 0.05) is 18.0 Å². The molecule has 1 fully saturated rings. The minimum absolute atomic E-state index is 0.592. The van der Waals surface area contributed by atoms with E-state index in [0.29, 0.717) is 11.8 Å². The van der Waals surface area contributed by atoms with Gasteiger partial charge in [0.25, 0.3) is 5.89 Å². The van der Waals surface area contributed by atoms with E-state index in [4.69, 9.17) is 4.42 Å². The Balaban J connectivity index is 1.36. The van der Waals surface area contributed by atoms with Gasteiger partial charge in [0.15, 0.2) is 6.54 Å². The van der Waals surface area contributed by atoms with E-state index in [-0.39, 0.29) is 0 Å². The largest absolute Gasteiger partial charge is 0.415 e. The first-order valence-electron chi connectivity index (χ1n) is 8.53. The fraction of sp³-hybridized carbons (Fsp3) is 0.333. The van der Waals surface area contributed by atoms with E-state index in [2.05, 4.69) is 44.1 Å². The maximum atomic E-state index is 5.86. The Morgan fingerprint density at radius 2 is 1.88 bits per heavy atom. The summed E-state index contributed by atoms with van der Waals surface area (Å²) in [6.07, 6.45) is 3.57. The number of aromatic nitrogens is 4. The van der Waals surface area contributed by atoms with Crippen molar-refractivity contribution in [2.75, 3.05) is 31.1 Å². The number of piperazine rings is 1. The Labute approximate surface area is 146 Å². The molecule has 0 amide bonds. The van der Waals surface area contributed by atoms with Gasteiger partial charge in [0.2, 0.25) is 11.8 Å². The Bertz CT molecular complexity index is 826. The second-order valence-corrected chi connectivity index (χ2v) is 6.33. The predicted octanol–water partition coefficient (Wildman–Crippen LogP) is 0.740. The smallest absolute Gasteiger partial charge is 0.271 e. The lowest BCUT2D eigenvalue weighted by Crippen LogP contribution is -3.13. The molecule has 0 bridgehead atoms. The summed E-state index contributed by atoms with van der Waals surface area (Å²) in [5.41, 5.74) is 2.15. The van der Waals surface area contributed by atoms with Crippen LogP contribution in [0.4, 0.5) is 5.95 Å². The summed E-state index contributed by atoms with van der Waals surface area (Å²) < 4.78 is 5.86. The summed E-state index contributed by atoms with van der Waals surface area (Å²) >= 11 is 0. The molecule has 25 heavy (non-hydrogen) atoms. The van der Waals surface area contributed by atoms with Crippen LogP contribution in [-0.2, 0) is 6.54 Å². The van der Waals surface area contributed by atoms with Crippen LogP contribution in [0, 0.1) is 6.92 Å². The van der Waals surface area contributed by atoms with E-state index in [1.165, 1.54) is 10.5 Å². The average Bonchev–Trinajstić information content (AvgIpc) is 3.12. The first kappa shape index (κ1) is 15.7. The summed E-state index contributed by atoms with van der Waals surface area (Å²) in [5.74, 6) is 2.09. The first-order valence-corrected chi connectivity index (χ1v) is 8.53. The van der Waals surface area contributed by atoms with Gasteiger partial charge in [-0.3, -0.25) is 0 Å². The fourth-order valence-corrected chi connectivity index (χ4v) is 3.09. The average molecular weight is 337 g/mol. The number of quaternary nitrogens is 1. The molecule has 7 nitrogen and oxygen atoms in total. The lowest BCUT2D eigenvalue weighted by atomic mass is 10.1. The van der Waals surface area contributed by atoms with Gasteiger partial charge in [-0.05, 0) is 25.1 Å². The lowest BCUT2D eigenvalue weighted by Gasteiger charge is -2.31. The number of aryl methyl sites for hydroxylation is 1. The van der Waals surface area contributed by atoms with E-state index in [0.717, 1.165) is 44.2 Å². The maximum Gasteiger partial charge on any atom is 0.271 e. The number of hydrogen-bond donors (Lipinski definition) is 1. The fourth-order valence-electron chi connectivity index (χ4n) is 3.09. The highest BCUT2D eigenvalue weighted by molar-refractivity contribution is 5.53. The third kappa shape index (κ3) is 3.66. The Morgan fingerprint density at radius 1 is 1.08 bits per heavy atom. The summed E-state index contributed by atoms with van der Waals surface area (Å²) in [4.78, 5) is 12.3. The van der Waals surface area contributed by atoms with Crippen molar-refractivity contribution in [3.05, 3.63) is 54.2 Å². The van der Waals surface area contributed by atoms with Crippen molar-refractivity contribution < 1.29 is 9.32 Å². The molecular formula is C18H21N6O+. The van der Waals surface area contributed by atoms with Gasteiger partial charge in [-0.1, -0.05) is 17.7 Å². The van der Waals surface area contributed by atoms with Gasteiger partial charge in [-0.25, -0.2) is 9.97 Å². The van der Waals surface area contributed by atoms with Crippen LogP contribution in [0.15, 0.2) is 47.1 Å². The zero-order valence-electron chi connectivity index (χ0n) is 14.2. The molecule has 1 N–H and O–H groups in total. The monoisotopic (exact) mass is 337 g/mol. The summed E-state index contributed by atoms with van der Waals surface area (Å²) in [6.45, 7) is 6.67. The molecule has 3 heterocycles. The molecule has 3 aromatic rings. The molecule has 0 atom stereocenters. The SMILES string of the molecule is Cc1cccc(-c2nnc(C[NH+]3CCN(c4ncccn4)CC3)o2)c1. The second kappa shape index (κ2) is 6.98. The highest BCUT2D eigenvalue weighted by atomic mass is 16.4. The molecule has 0 spiro atoms.